The molecule has 0 spiro atoms. The molecule has 0 aromatic heterocycles. The van der Waals surface area contributed by atoms with E-state index >= 15 is 0 Å². The van der Waals surface area contributed by atoms with E-state index in [9.17, 15) is 9.18 Å². The van der Waals surface area contributed by atoms with E-state index in [2.05, 4.69) is 0 Å². The van der Waals surface area contributed by atoms with Crippen LogP contribution in [-0.2, 0) is 16.1 Å². The minimum Gasteiger partial charge on any atom is -0.457 e. The molecule has 0 saturated carbocycles. The van der Waals surface area contributed by atoms with E-state index in [4.69, 9.17) is 39.5 Å². The van der Waals surface area contributed by atoms with Crippen LogP contribution in [0, 0.1) is 5.82 Å². The van der Waals surface area contributed by atoms with Crippen molar-refractivity contribution in [2.75, 3.05) is 0 Å². The maximum Gasteiger partial charge on any atom is 0.331 e. The summed E-state index contributed by atoms with van der Waals surface area (Å²) in [5, 5.41) is 1.12. The van der Waals surface area contributed by atoms with Crippen molar-refractivity contribution in [2.24, 2.45) is 0 Å². The molecule has 0 N–H and O–H groups in total. The third kappa shape index (κ3) is 4.47. The third-order valence-corrected chi connectivity index (χ3v) is 3.70. The van der Waals surface area contributed by atoms with Gasteiger partial charge in [-0.1, -0.05) is 46.9 Å². The van der Waals surface area contributed by atoms with E-state index < -0.39 is 11.8 Å². The van der Waals surface area contributed by atoms with Gasteiger partial charge in [-0.15, -0.1) is 0 Å². The van der Waals surface area contributed by atoms with Gasteiger partial charge in [-0.2, -0.15) is 0 Å². The number of ether oxygens (including phenoxy) is 1. The van der Waals surface area contributed by atoms with Gasteiger partial charge in [-0.3, -0.25) is 0 Å². The van der Waals surface area contributed by atoms with E-state index in [0.29, 0.717) is 15.6 Å². The molecule has 2 aromatic rings. The third-order valence-electron chi connectivity index (χ3n) is 2.78. The fourth-order valence-electron chi connectivity index (χ4n) is 1.66. The lowest BCUT2D eigenvalue weighted by atomic mass is 10.2. The average Bonchev–Trinajstić information content (AvgIpc) is 2.46. The Hall–Kier alpha value is -1.55. The molecular weight excluding hydrogens is 350 g/mol. The second kappa shape index (κ2) is 7.63. The first kappa shape index (κ1) is 16.8. The number of benzene rings is 2. The van der Waals surface area contributed by atoms with Crippen LogP contribution in [0.5, 0.6) is 0 Å². The van der Waals surface area contributed by atoms with Crippen LogP contribution < -0.4 is 0 Å². The van der Waals surface area contributed by atoms with Crippen molar-refractivity contribution in [1.29, 1.82) is 0 Å². The first-order valence-electron chi connectivity index (χ1n) is 6.20. The van der Waals surface area contributed by atoms with Crippen LogP contribution in [-0.4, -0.2) is 5.97 Å². The molecule has 2 aromatic carbocycles. The quantitative estimate of drug-likeness (QED) is 0.529. The van der Waals surface area contributed by atoms with E-state index in [-0.39, 0.29) is 17.2 Å². The summed E-state index contributed by atoms with van der Waals surface area (Å²) in [4.78, 5) is 11.6. The molecule has 2 nitrogen and oxygen atoms in total. The van der Waals surface area contributed by atoms with Gasteiger partial charge in [0.05, 0.1) is 5.02 Å². The van der Waals surface area contributed by atoms with Crippen LogP contribution in [0.4, 0.5) is 4.39 Å². The van der Waals surface area contributed by atoms with Gasteiger partial charge in [0.1, 0.15) is 12.4 Å². The Morgan fingerprint density at radius 3 is 2.59 bits per heavy atom. The highest BCUT2D eigenvalue weighted by Gasteiger charge is 2.09. The lowest BCUT2D eigenvalue weighted by Crippen LogP contribution is -2.03. The number of rotatable bonds is 4. The SMILES string of the molecule is O=C(C=Cc1ccc(Cl)cc1Cl)OCc1c(F)cccc1Cl. The molecule has 0 heterocycles. The van der Waals surface area contributed by atoms with Crippen molar-refractivity contribution in [1.82, 2.24) is 0 Å². The molecule has 0 aliphatic rings. The van der Waals surface area contributed by atoms with Gasteiger partial charge in [0.2, 0.25) is 0 Å². The van der Waals surface area contributed by atoms with Crippen LogP contribution in [0.25, 0.3) is 6.08 Å². The van der Waals surface area contributed by atoms with Crippen molar-refractivity contribution >= 4 is 46.8 Å². The molecule has 0 atom stereocenters. The lowest BCUT2D eigenvalue weighted by molar-refractivity contribution is -0.138. The van der Waals surface area contributed by atoms with Gasteiger partial charge in [-0.25, -0.2) is 9.18 Å². The summed E-state index contributed by atoms with van der Waals surface area (Å²) in [6.45, 7) is -0.247. The minimum atomic E-state index is -0.634. The Morgan fingerprint density at radius 1 is 1.14 bits per heavy atom. The van der Waals surface area contributed by atoms with Gasteiger partial charge in [0.25, 0.3) is 0 Å². The van der Waals surface area contributed by atoms with Gasteiger partial charge >= 0.3 is 5.97 Å². The van der Waals surface area contributed by atoms with Gasteiger partial charge < -0.3 is 4.74 Å². The topological polar surface area (TPSA) is 26.3 Å². The zero-order chi connectivity index (χ0) is 16.1. The van der Waals surface area contributed by atoms with Crippen LogP contribution in [0.2, 0.25) is 15.1 Å². The van der Waals surface area contributed by atoms with Gasteiger partial charge in [-0.05, 0) is 35.9 Å². The first-order chi connectivity index (χ1) is 10.5. The van der Waals surface area contributed by atoms with Crippen LogP contribution in [0.1, 0.15) is 11.1 Å². The summed E-state index contributed by atoms with van der Waals surface area (Å²) >= 11 is 17.6. The van der Waals surface area contributed by atoms with Crippen LogP contribution >= 0.6 is 34.8 Å². The van der Waals surface area contributed by atoms with Crippen molar-refractivity contribution in [3.8, 4) is 0 Å². The Balaban J connectivity index is 2.00. The fraction of sp³-hybridized carbons (Fsp3) is 0.0625. The zero-order valence-electron chi connectivity index (χ0n) is 11.2. The molecule has 0 radical (unpaired) electrons. The molecule has 0 amide bonds. The summed E-state index contributed by atoms with van der Waals surface area (Å²) < 4.78 is 18.5. The monoisotopic (exact) mass is 358 g/mol. The molecule has 0 unspecified atom stereocenters. The Kier molecular flexibility index (Phi) is 5.83. The van der Waals surface area contributed by atoms with Crippen LogP contribution in [0.3, 0.4) is 0 Å². The largest absolute Gasteiger partial charge is 0.457 e. The standard InChI is InChI=1S/C16H10Cl3FO2/c17-11-6-4-10(14(19)8-11)5-7-16(21)22-9-12-13(18)2-1-3-15(12)20/h1-8H,9H2. The zero-order valence-corrected chi connectivity index (χ0v) is 13.4. The minimum absolute atomic E-state index is 0.135. The molecule has 0 aliphatic heterocycles. The molecule has 0 aliphatic carbocycles. The highest BCUT2D eigenvalue weighted by atomic mass is 35.5. The Bertz CT molecular complexity index is 709. The van der Waals surface area contributed by atoms with E-state index in [1.165, 1.54) is 30.4 Å². The number of carbonyl (C=O) groups excluding carboxylic acids is 1. The molecule has 22 heavy (non-hydrogen) atoms. The van der Waals surface area contributed by atoms with Crippen LogP contribution in [0.15, 0.2) is 42.5 Å². The average molecular weight is 360 g/mol. The molecule has 0 saturated heterocycles. The number of hydrogen-bond acceptors (Lipinski definition) is 2. The summed E-state index contributed by atoms with van der Waals surface area (Å²) in [6, 6.07) is 9.13. The van der Waals surface area contributed by atoms with Gasteiger partial charge in [0.15, 0.2) is 0 Å². The Morgan fingerprint density at radius 2 is 1.91 bits per heavy atom. The van der Waals surface area contributed by atoms with Crippen molar-refractivity contribution < 1.29 is 13.9 Å². The summed E-state index contributed by atoms with van der Waals surface area (Å²) in [5.74, 6) is -1.16. The number of hydrogen-bond donors (Lipinski definition) is 0. The van der Waals surface area contributed by atoms with E-state index in [1.54, 1.807) is 18.2 Å². The molecular formula is C16H10Cl3FO2. The maximum absolute atomic E-state index is 13.5. The molecule has 0 fully saturated rings. The highest BCUT2D eigenvalue weighted by Crippen LogP contribution is 2.22. The number of carbonyl (C=O) groups is 1. The molecule has 2 rings (SSSR count). The predicted molar refractivity (Wildman–Crippen MR) is 86.7 cm³/mol. The first-order valence-corrected chi connectivity index (χ1v) is 7.33. The summed E-state index contributed by atoms with van der Waals surface area (Å²) in [6.07, 6.45) is 2.69. The molecule has 0 bridgehead atoms. The second-order valence-electron chi connectivity index (χ2n) is 4.31. The summed E-state index contributed by atoms with van der Waals surface area (Å²) in [7, 11) is 0. The second-order valence-corrected chi connectivity index (χ2v) is 5.56. The smallest absolute Gasteiger partial charge is 0.331 e. The molecule has 114 valence electrons. The fourth-order valence-corrected chi connectivity index (χ4v) is 2.35. The normalized spacial score (nSPS) is 10.9. The lowest BCUT2D eigenvalue weighted by Gasteiger charge is -2.05. The van der Waals surface area contributed by atoms with Crippen molar-refractivity contribution in [3.05, 3.63) is 74.5 Å². The van der Waals surface area contributed by atoms with E-state index in [1.807, 2.05) is 0 Å². The maximum atomic E-state index is 13.5. The Labute approximate surface area is 142 Å². The van der Waals surface area contributed by atoms with Crippen molar-refractivity contribution in [3.63, 3.8) is 0 Å². The van der Waals surface area contributed by atoms with E-state index in [0.717, 1.165) is 0 Å². The molecule has 6 heteroatoms. The van der Waals surface area contributed by atoms with Crippen molar-refractivity contribution in [2.45, 2.75) is 6.61 Å². The predicted octanol–water partition coefficient (Wildman–Crippen LogP) is 5.54. The number of halogens is 4. The highest BCUT2D eigenvalue weighted by molar-refractivity contribution is 6.35. The van der Waals surface area contributed by atoms with Gasteiger partial charge in [0, 0.05) is 21.7 Å². The number of esters is 1. The summed E-state index contributed by atoms with van der Waals surface area (Å²) in [5.41, 5.74) is 0.752.